The zero-order valence-corrected chi connectivity index (χ0v) is 10.8. The Bertz CT molecular complexity index is 458. The van der Waals surface area contributed by atoms with Crippen LogP contribution in [-0.4, -0.2) is 18.5 Å². The molecule has 0 heterocycles. The maximum atomic E-state index is 11.4. The molecule has 1 aromatic carbocycles. The summed E-state index contributed by atoms with van der Waals surface area (Å²) in [7, 11) is 0. The molecule has 0 radical (unpaired) electrons. The highest BCUT2D eigenvalue weighted by atomic mass is 16.6. The minimum absolute atomic E-state index is 0.0328. The lowest BCUT2D eigenvalue weighted by Crippen LogP contribution is -2.20. The number of allylic oxidation sites excluding steroid dienone is 1. The summed E-state index contributed by atoms with van der Waals surface area (Å²) in [5.41, 5.74) is 2.98. The SMILES string of the molecule is C/C=C/C(=O)OC(=O)CNc1c(C)cccc1C. The van der Waals surface area contributed by atoms with Crippen LogP contribution in [0, 0.1) is 13.8 Å². The van der Waals surface area contributed by atoms with Crippen molar-refractivity contribution in [2.45, 2.75) is 20.8 Å². The van der Waals surface area contributed by atoms with E-state index in [1.165, 1.54) is 12.2 Å². The molecule has 4 heteroatoms. The molecule has 0 amide bonds. The van der Waals surface area contributed by atoms with Gasteiger partial charge in [0.05, 0.1) is 0 Å². The Kier molecular flexibility index (Phi) is 5.11. The van der Waals surface area contributed by atoms with Crippen LogP contribution in [0.5, 0.6) is 0 Å². The van der Waals surface area contributed by atoms with Gasteiger partial charge in [0.1, 0.15) is 6.54 Å². The van der Waals surface area contributed by atoms with Gasteiger partial charge < -0.3 is 10.1 Å². The predicted octanol–water partition coefficient (Wildman–Crippen LogP) is 2.36. The van der Waals surface area contributed by atoms with Gasteiger partial charge in [-0.2, -0.15) is 0 Å². The van der Waals surface area contributed by atoms with Crippen LogP contribution in [0.4, 0.5) is 5.69 Å². The number of nitrogens with one attached hydrogen (secondary N) is 1. The summed E-state index contributed by atoms with van der Waals surface area (Å²) in [6, 6.07) is 5.85. The van der Waals surface area contributed by atoms with Gasteiger partial charge in [-0.1, -0.05) is 24.3 Å². The van der Waals surface area contributed by atoms with Gasteiger partial charge in [0.25, 0.3) is 0 Å². The highest BCUT2D eigenvalue weighted by molar-refractivity contribution is 5.93. The van der Waals surface area contributed by atoms with Crippen molar-refractivity contribution in [3.05, 3.63) is 41.5 Å². The Morgan fingerprint density at radius 2 is 1.89 bits per heavy atom. The quantitative estimate of drug-likeness (QED) is 0.504. The second-order valence-corrected chi connectivity index (χ2v) is 3.91. The Morgan fingerprint density at radius 1 is 1.28 bits per heavy atom. The number of aryl methyl sites for hydroxylation is 2. The van der Waals surface area contributed by atoms with Crippen LogP contribution in [0.15, 0.2) is 30.4 Å². The van der Waals surface area contributed by atoms with Gasteiger partial charge in [-0.15, -0.1) is 0 Å². The molecule has 0 aliphatic carbocycles. The van der Waals surface area contributed by atoms with Crippen molar-refractivity contribution in [1.82, 2.24) is 0 Å². The standard InChI is InChI=1S/C14H17NO3/c1-4-6-12(16)18-13(17)9-15-14-10(2)7-5-8-11(14)3/h4-8,15H,9H2,1-3H3/b6-4+. The topological polar surface area (TPSA) is 55.4 Å². The molecule has 0 aromatic heterocycles. The number of ether oxygens (including phenoxy) is 1. The Balaban J connectivity index is 2.55. The van der Waals surface area contributed by atoms with E-state index in [0.717, 1.165) is 16.8 Å². The van der Waals surface area contributed by atoms with Gasteiger partial charge in [-0.25, -0.2) is 9.59 Å². The van der Waals surface area contributed by atoms with Crippen molar-refractivity contribution in [3.63, 3.8) is 0 Å². The zero-order chi connectivity index (χ0) is 13.5. The monoisotopic (exact) mass is 247 g/mol. The first kappa shape index (κ1) is 14.0. The highest BCUT2D eigenvalue weighted by Crippen LogP contribution is 2.18. The first-order valence-corrected chi connectivity index (χ1v) is 5.72. The van der Waals surface area contributed by atoms with Gasteiger partial charge in [-0.3, -0.25) is 0 Å². The van der Waals surface area contributed by atoms with E-state index >= 15 is 0 Å². The second kappa shape index (κ2) is 6.59. The normalized spacial score (nSPS) is 10.4. The number of para-hydroxylation sites is 1. The largest absolute Gasteiger partial charge is 0.389 e. The van der Waals surface area contributed by atoms with Gasteiger partial charge in [-0.05, 0) is 31.9 Å². The fraction of sp³-hybridized carbons (Fsp3) is 0.286. The molecule has 0 fully saturated rings. The fourth-order valence-corrected chi connectivity index (χ4v) is 1.57. The van der Waals surface area contributed by atoms with Crippen molar-refractivity contribution in [2.75, 3.05) is 11.9 Å². The van der Waals surface area contributed by atoms with Crippen LogP contribution in [0.25, 0.3) is 0 Å². The smallest absolute Gasteiger partial charge is 0.338 e. The Labute approximate surface area is 107 Å². The molecular weight excluding hydrogens is 230 g/mol. The highest BCUT2D eigenvalue weighted by Gasteiger charge is 2.08. The minimum atomic E-state index is -0.647. The minimum Gasteiger partial charge on any atom is -0.389 e. The van der Waals surface area contributed by atoms with Crippen molar-refractivity contribution in [2.24, 2.45) is 0 Å². The molecule has 18 heavy (non-hydrogen) atoms. The fourth-order valence-electron chi connectivity index (χ4n) is 1.57. The lowest BCUT2D eigenvalue weighted by Gasteiger charge is -2.11. The number of rotatable bonds is 4. The number of anilines is 1. The summed E-state index contributed by atoms with van der Waals surface area (Å²) in [5.74, 6) is -1.24. The van der Waals surface area contributed by atoms with Gasteiger partial charge in [0, 0.05) is 11.8 Å². The molecule has 1 N–H and O–H groups in total. The van der Waals surface area contributed by atoms with Crippen LogP contribution in [0.2, 0.25) is 0 Å². The summed E-state index contributed by atoms with van der Waals surface area (Å²) >= 11 is 0. The van der Waals surface area contributed by atoms with E-state index in [2.05, 4.69) is 10.1 Å². The van der Waals surface area contributed by atoms with Crippen LogP contribution >= 0.6 is 0 Å². The summed E-state index contributed by atoms with van der Waals surface area (Å²) in [4.78, 5) is 22.4. The van der Waals surface area contributed by atoms with E-state index < -0.39 is 11.9 Å². The Morgan fingerprint density at radius 3 is 2.44 bits per heavy atom. The molecule has 1 aromatic rings. The maximum Gasteiger partial charge on any atom is 0.338 e. The number of hydrogen-bond acceptors (Lipinski definition) is 4. The summed E-state index contributed by atoms with van der Waals surface area (Å²) < 4.78 is 4.57. The second-order valence-electron chi connectivity index (χ2n) is 3.91. The van der Waals surface area contributed by atoms with Crippen molar-refractivity contribution in [3.8, 4) is 0 Å². The molecular formula is C14H17NO3. The average Bonchev–Trinajstić information content (AvgIpc) is 2.28. The molecule has 0 saturated heterocycles. The molecule has 96 valence electrons. The van der Waals surface area contributed by atoms with Crippen molar-refractivity contribution < 1.29 is 14.3 Å². The van der Waals surface area contributed by atoms with Crippen LogP contribution in [-0.2, 0) is 14.3 Å². The molecule has 0 atom stereocenters. The number of esters is 2. The molecule has 0 saturated carbocycles. The molecule has 0 aliphatic rings. The number of carbonyl (C=O) groups excluding carboxylic acids is 2. The Hall–Kier alpha value is -2.10. The first-order chi connectivity index (χ1) is 8.54. The third-order valence-corrected chi connectivity index (χ3v) is 2.41. The third-order valence-electron chi connectivity index (χ3n) is 2.41. The number of carbonyl (C=O) groups is 2. The first-order valence-electron chi connectivity index (χ1n) is 5.72. The lowest BCUT2D eigenvalue weighted by molar-refractivity contribution is -0.154. The van der Waals surface area contributed by atoms with Gasteiger partial charge in [0.2, 0.25) is 0 Å². The van der Waals surface area contributed by atoms with Crippen molar-refractivity contribution in [1.29, 1.82) is 0 Å². The summed E-state index contributed by atoms with van der Waals surface area (Å²) in [6.45, 7) is 5.55. The third kappa shape index (κ3) is 4.05. The number of hydrogen-bond donors (Lipinski definition) is 1. The summed E-state index contributed by atoms with van der Waals surface area (Å²) in [5, 5.41) is 2.98. The van der Waals surface area contributed by atoms with Crippen LogP contribution < -0.4 is 5.32 Å². The van der Waals surface area contributed by atoms with E-state index in [9.17, 15) is 9.59 Å². The van der Waals surface area contributed by atoms with E-state index in [4.69, 9.17) is 0 Å². The summed E-state index contributed by atoms with van der Waals surface area (Å²) in [6.07, 6.45) is 2.73. The van der Waals surface area contributed by atoms with Crippen LogP contribution in [0.1, 0.15) is 18.1 Å². The van der Waals surface area contributed by atoms with Crippen molar-refractivity contribution >= 4 is 17.6 Å². The molecule has 0 unspecified atom stereocenters. The lowest BCUT2D eigenvalue weighted by atomic mass is 10.1. The maximum absolute atomic E-state index is 11.4. The molecule has 1 rings (SSSR count). The van der Waals surface area contributed by atoms with Gasteiger partial charge in [0.15, 0.2) is 0 Å². The van der Waals surface area contributed by atoms with E-state index in [1.807, 2.05) is 32.0 Å². The van der Waals surface area contributed by atoms with E-state index in [-0.39, 0.29) is 6.54 Å². The zero-order valence-electron chi connectivity index (χ0n) is 10.8. The molecule has 0 aliphatic heterocycles. The molecule has 0 bridgehead atoms. The number of benzene rings is 1. The van der Waals surface area contributed by atoms with Gasteiger partial charge >= 0.3 is 11.9 Å². The van der Waals surface area contributed by atoms with E-state index in [0.29, 0.717) is 0 Å². The molecule has 4 nitrogen and oxygen atoms in total. The predicted molar refractivity (Wildman–Crippen MR) is 70.3 cm³/mol. The molecule has 0 spiro atoms. The van der Waals surface area contributed by atoms with Crippen LogP contribution in [0.3, 0.4) is 0 Å². The van der Waals surface area contributed by atoms with E-state index in [1.54, 1.807) is 6.92 Å². The average molecular weight is 247 g/mol.